The van der Waals surface area contributed by atoms with Gasteiger partial charge in [-0.1, -0.05) is 0 Å². The number of hydrogen-bond acceptors (Lipinski definition) is 3. The summed E-state index contributed by atoms with van der Waals surface area (Å²) in [7, 11) is 0. The molecule has 2 N–H and O–H groups in total. The standard InChI is InChI=1S/C6H9N2S/c1-6(2,7)5-3-9-4-8-5/h3H,7H2,1-2H3. The maximum absolute atomic E-state index is 5.73. The normalized spacial score (nSPS) is 11.9. The third-order valence-corrected chi connectivity index (χ3v) is 1.59. The van der Waals surface area contributed by atoms with Crippen molar-refractivity contribution in [3.8, 4) is 0 Å². The number of nitrogens with two attached hydrogens (primary N) is 1. The van der Waals surface area contributed by atoms with Gasteiger partial charge in [-0.15, -0.1) is 11.3 Å². The first-order chi connectivity index (χ1) is 4.11. The van der Waals surface area contributed by atoms with Gasteiger partial charge in [-0.25, -0.2) is 4.98 Å². The van der Waals surface area contributed by atoms with Crippen LogP contribution in [0.4, 0.5) is 0 Å². The van der Waals surface area contributed by atoms with Gasteiger partial charge in [-0.3, -0.25) is 0 Å². The van der Waals surface area contributed by atoms with E-state index in [0.29, 0.717) is 0 Å². The van der Waals surface area contributed by atoms with Crippen LogP contribution in [0.25, 0.3) is 0 Å². The maximum atomic E-state index is 5.73. The molecule has 0 amide bonds. The lowest BCUT2D eigenvalue weighted by molar-refractivity contribution is 0.538. The Morgan fingerprint density at radius 3 is 2.67 bits per heavy atom. The van der Waals surface area contributed by atoms with Crippen molar-refractivity contribution in [3.05, 3.63) is 16.6 Å². The van der Waals surface area contributed by atoms with E-state index in [4.69, 9.17) is 5.73 Å². The second-order valence-corrected chi connectivity index (χ2v) is 3.20. The number of thiazole rings is 1. The Hall–Kier alpha value is -0.410. The first-order valence-electron chi connectivity index (χ1n) is 2.71. The van der Waals surface area contributed by atoms with Crippen LogP contribution in [0.1, 0.15) is 19.5 Å². The van der Waals surface area contributed by atoms with Crippen molar-refractivity contribution < 1.29 is 0 Å². The van der Waals surface area contributed by atoms with Crippen LogP contribution in [0.5, 0.6) is 0 Å². The molecular weight excluding hydrogens is 132 g/mol. The molecule has 1 heterocycles. The minimum absolute atomic E-state index is 0.309. The van der Waals surface area contributed by atoms with E-state index in [1.54, 1.807) is 0 Å². The molecule has 0 aromatic carbocycles. The molecule has 0 fully saturated rings. The van der Waals surface area contributed by atoms with Gasteiger partial charge in [0.2, 0.25) is 0 Å². The Morgan fingerprint density at radius 1 is 1.78 bits per heavy atom. The van der Waals surface area contributed by atoms with Crippen LogP contribution in [0.3, 0.4) is 0 Å². The summed E-state index contributed by atoms with van der Waals surface area (Å²) in [6.07, 6.45) is 0. The molecule has 1 aromatic rings. The highest BCUT2D eigenvalue weighted by Crippen LogP contribution is 2.14. The SMILES string of the molecule is CC(C)(N)c1cs[c]n1. The molecule has 0 bridgehead atoms. The molecule has 0 aliphatic carbocycles. The van der Waals surface area contributed by atoms with Crippen LogP contribution in [-0.2, 0) is 5.54 Å². The highest BCUT2D eigenvalue weighted by Gasteiger charge is 2.15. The van der Waals surface area contributed by atoms with E-state index in [9.17, 15) is 0 Å². The lowest BCUT2D eigenvalue weighted by Gasteiger charge is -2.13. The van der Waals surface area contributed by atoms with Gasteiger partial charge in [0.15, 0.2) is 5.51 Å². The van der Waals surface area contributed by atoms with E-state index in [2.05, 4.69) is 10.5 Å². The molecule has 2 nitrogen and oxygen atoms in total. The predicted octanol–water partition coefficient (Wildman–Crippen LogP) is 1.14. The lowest BCUT2D eigenvalue weighted by Crippen LogP contribution is -2.28. The summed E-state index contributed by atoms with van der Waals surface area (Å²) in [6, 6.07) is 0. The summed E-state index contributed by atoms with van der Waals surface area (Å²) in [5.74, 6) is 0. The quantitative estimate of drug-likeness (QED) is 0.637. The zero-order chi connectivity index (χ0) is 6.91. The largest absolute Gasteiger partial charge is 0.321 e. The van der Waals surface area contributed by atoms with Crippen LogP contribution in [0.2, 0.25) is 0 Å². The third kappa shape index (κ3) is 1.50. The van der Waals surface area contributed by atoms with Gasteiger partial charge in [-0.2, -0.15) is 0 Å². The van der Waals surface area contributed by atoms with Crippen LogP contribution in [0.15, 0.2) is 5.38 Å². The molecule has 0 unspecified atom stereocenters. The number of rotatable bonds is 1. The summed E-state index contributed by atoms with van der Waals surface area (Å²) >= 11 is 1.45. The monoisotopic (exact) mass is 141 g/mol. The molecule has 3 heteroatoms. The second kappa shape index (κ2) is 2.08. The molecule has 1 aromatic heterocycles. The fourth-order valence-corrected chi connectivity index (χ4v) is 1.15. The van der Waals surface area contributed by atoms with Gasteiger partial charge in [0.05, 0.1) is 11.2 Å². The molecule has 0 aliphatic rings. The Morgan fingerprint density at radius 2 is 2.44 bits per heavy atom. The van der Waals surface area contributed by atoms with Gasteiger partial charge in [0.25, 0.3) is 0 Å². The molecule has 49 valence electrons. The smallest absolute Gasteiger partial charge is 0.152 e. The van der Waals surface area contributed by atoms with Crippen molar-refractivity contribution in [2.45, 2.75) is 19.4 Å². The van der Waals surface area contributed by atoms with Crippen molar-refractivity contribution in [1.29, 1.82) is 0 Å². The highest BCUT2D eigenvalue weighted by molar-refractivity contribution is 7.07. The van der Waals surface area contributed by atoms with Crippen molar-refractivity contribution in [2.24, 2.45) is 5.73 Å². The van der Waals surface area contributed by atoms with Gasteiger partial charge in [-0.05, 0) is 13.8 Å². The van der Waals surface area contributed by atoms with Crippen molar-refractivity contribution >= 4 is 11.3 Å². The van der Waals surface area contributed by atoms with Crippen molar-refractivity contribution in [3.63, 3.8) is 0 Å². The fraction of sp³-hybridized carbons (Fsp3) is 0.500. The van der Waals surface area contributed by atoms with E-state index in [1.807, 2.05) is 19.2 Å². The summed E-state index contributed by atoms with van der Waals surface area (Å²) in [5, 5.41) is 1.92. The summed E-state index contributed by atoms with van der Waals surface area (Å²) in [5.41, 5.74) is 9.07. The van der Waals surface area contributed by atoms with Gasteiger partial charge < -0.3 is 5.73 Å². The van der Waals surface area contributed by atoms with Crippen LogP contribution < -0.4 is 5.73 Å². The topological polar surface area (TPSA) is 38.9 Å². The van der Waals surface area contributed by atoms with E-state index >= 15 is 0 Å². The number of hydrogen-bond donors (Lipinski definition) is 1. The summed E-state index contributed by atoms with van der Waals surface area (Å²) in [6.45, 7) is 3.85. The predicted molar refractivity (Wildman–Crippen MR) is 38.2 cm³/mol. The summed E-state index contributed by atoms with van der Waals surface area (Å²) in [4.78, 5) is 3.96. The zero-order valence-corrected chi connectivity index (χ0v) is 6.33. The minimum atomic E-state index is -0.309. The molecular formula is C6H9N2S. The molecule has 1 radical (unpaired) electrons. The van der Waals surface area contributed by atoms with Crippen LogP contribution in [0, 0.1) is 5.51 Å². The second-order valence-electron chi connectivity index (χ2n) is 2.55. The summed E-state index contributed by atoms with van der Waals surface area (Å²) < 4.78 is 0. The third-order valence-electron chi connectivity index (χ3n) is 1.05. The van der Waals surface area contributed by atoms with Crippen molar-refractivity contribution in [2.75, 3.05) is 0 Å². The Kier molecular flexibility index (Phi) is 1.55. The molecule has 0 saturated carbocycles. The van der Waals surface area contributed by atoms with E-state index < -0.39 is 0 Å². The highest BCUT2D eigenvalue weighted by atomic mass is 32.1. The van der Waals surface area contributed by atoms with Crippen molar-refractivity contribution in [1.82, 2.24) is 4.98 Å². The first-order valence-corrected chi connectivity index (χ1v) is 3.59. The first kappa shape index (κ1) is 6.71. The molecule has 9 heavy (non-hydrogen) atoms. The molecule has 0 atom stereocenters. The Labute approximate surface area is 58.7 Å². The molecule has 0 saturated heterocycles. The van der Waals surface area contributed by atoms with Gasteiger partial charge in [0.1, 0.15) is 0 Å². The van der Waals surface area contributed by atoms with E-state index in [0.717, 1.165) is 5.69 Å². The zero-order valence-electron chi connectivity index (χ0n) is 5.51. The van der Waals surface area contributed by atoms with Crippen LogP contribution >= 0.6 is 11.3 Å². The lowest BCUT2D eigenvalue weighted by atomic mass is 10.0. The minimum Gasteiger partial charge on any atom is -0.321 e. The molecule has 1 rings (SSSR count). The Balaban J connectivity index is 2.90. The number of aromatic nitrogens is 1. The Bertz CT molecular complexity index is 173. The molecule has 0 aliphatic heterocycles. The van der Waals surface area contributed by atoms with Crippen LogP contribution in [-0.4, -0.2) is 4.98 Å². The average Bonchev–Trinajstić information content (AvgIpc) is 2.08. The molecule has 0 spiro atoms. The maximum Gasteiger partial charge on any atom is 0.152 e. The fourth-order valence-electron chi connectivity index (χ4n) is 0.480. The van der Waals surface area contributed by atoms with E-state index in [-0.39, 0.29) is 5.54 Å². The number of nitrogens with zero attached hydrogens (tertiary/aromatic N) is 1. The van der Waals surface area contributed by atoms with Gasteiger partial charge in [0, 0.05) is 5.38 Å². The van der Waals surface area contributed by atoms with E-state index in [1.165, 1.54) is 11.3 Å². The average molecular weight is 141 g/mol. The van der Waals surface area contributed by atoms with Gasteiger partial charge >= 0.3 is 0 Å².